The van der Waals surface area contributed by atoms with Crippen molar-refractivity contribution in [2.45, 2.75) is 20.4 Å². The van der Waals surface area contributed by atoms with Gasteiger partial charge in [0, 0.05) is 23.7 Å². The van der Waals surface area contributed by atoms with E-state index in [0.717, 1.165) is 33.7 Å². The highest BCUT2D eigenvalue weighted by molar-refractivity contribution is 5.93. The Balaban J connectivity index is 2.32. The molecule has 0 aliphatic heterocycles. The van der Waals surface area contributed by atoms with Crippen molar-refractivity contribution in [1.82, 2.24) is 15.0 Å². The number of benzene rings is 1. The molecule has 2 heterocycles. The topological polar surface area (TPSA) is 67.6 Å². The van der Waals surface area contributed by atoms with Gasteiger partial charge in [0.15, 0.2) is 0 Å². The highest BCUT2D eigenvalue weighted by Gasteiger charge is 2.13. The zero-order valence-corrected chi connectivity index (χ0v) is 11.1. The molecule has 4 heteroatoms. The molecule has 3 N–H and O–H groups in total. The summed E-state index contributed by atoms with van der Waals surface area (Å²) in [4.78, 5) is 12.2. The van der Waals surface area contributed by atoms with Gasteiger partial charge in [-0.3, -0.25) is 0 Å². The smallest absolute Gasteiger partial charge is 0.141 e. The van der Waals surface area contributed by atoms with Gasteiger partial charge in [-0.25, -0.2) is 9.97 Å². The number of H-pyrrole nitrogens is 1. The van der Waals surface area contributed by atoms with Crippen molar-refractivity contribution in [1.29, 1.82) is 0 Å². The molecule has 0 aliphatic carbocycles. The summed E-state index contributed by atoms with van der Waals surface area (Å²) in [5.74, 6) is 0.758. The van der Waals surface area contributed by atoms with E-state index < -0.39 is 0 Å². The highest BCUT2D eigenvalue weighted by atomic mass is 14.9. The predicted octanol–water partition coefficient (Wildman–Crippen LogP) is 2.70. The van der Waals surface area contributed by atoms with E-state index in [2.05, 4.69) is 46.1 Å². The Labute approximate surface area is 111 Å². The van der Waals surface area contributed by atoms with Crippen molar-refractivity contribution < 1.29 is 0 Å². The summed E-state index contributed by atoms with van der Waals surface area (Å²) in [7, 11) is 0. The number of aromatic amines is 1. The lowest BCUT2D eigenvalue weighted by molar-refractivity contribution is 1.07. The van der Waals surface area contributed by atoms with Gasteiger partial charge in [0.1, 0.15) is 11.5 Å². The summed E-state index contributed by atoms with van der Waals surface area (Å²) in [6.45, 7) is 4.46. The number of nitrogens with zero attached hydrogens (tertiary/aromatic N) is 2. The SMILES string of the molecule is Cc1ccc(-c2nc(C)nc3[nH]cc(CN)c23)cc1. The van der Waals surface area contributed by atoms with Crippen LogP contribution in [0.25, 0.3) is 22.3 Å². The van der Waals surface area contributed by atoms with Gasteiger partial charge in [-0.15, -0.1) is 0 Å². The maximum atomic E-state index is 5.79. The lowest BCUT2D eigenvalue weighted by atomic mass is 10.0. The molecule has 0 spiro atoms. The maximum Gasteiger partial charge on any atom is 0.141 e. The van der Waals surface area contributed by atoms with E-state index in [4.69, 9.17) is 5.73 Å². The number of hydrogen-bond acceptors (Lipinski definition) is 3. The Morgan fingerprint density at radius 2 is 1.84 bits per heavy atom. The Bertz CT molecular complexity index is 726. The van der Waals surface area contributed by atoms with Crippen LogP contribution in [0.1, 0.15) is 17.0 Å². The average molecular weight is 252 g/mol. The van der Waals surface area contributed by atoms with Crippen LogP contribution in [-0.4, -0.2) is 15.0 Å². The third-order valence-corrected chi connectivity index (χ3v) is 3.27. The third kappa shape index (κ3) is 2.00. The van der Waals surface area contributed by atoms with Crippen LogP contribution in [0.3, 0.4) is 0 Å². The van der Waals surface area contributed by atoms with Crippen molar-refractivity contribution >= 4 is 11.0 Å². The normalized spacial score (nSPS) is 11.1. The molecule has 0 saturated heterocycles. The average Bonchev–Trinajstić information content (AvgIpc) is 2.81. The molecule has 0 unspecified atom stereocenters. The van der Waals surface area contributed by atoms with Gasteiger partial charge >= 0.3 is 0 Å². The Hall–Kier alpha value is -2.20. The van der Waals surface area contributed by atoms with Crippen molar-refractivity contribution in [3.63, 3.8) is 0 Å². The Morgan fingerprint density at radius 3 is 2.53 bits per heavy atom. The fourth-order valence-corrected chi connectivity index (χ4v) is 2.29. The minimum atomic E-state index is 0.477. The summed E-state index contributed by atoms with van der Waals surface area (Å²) in [5, 5.41) is 1.02. The Kier molecular flexibility index (Phi) is 2.80. The zero-order valence-electron chi connectivity index (χ0n) is 11.1. The monoisotopic (exact) mass is 252 g/mol. The molecule has 0 aliphatic rings. The number of aromatic nitrogens is 3. The second-order valence-electron chi connectivity index (χ2n) is 4.73. The van der Waals surface area contributed by atoms with Crippen molar-refractivity contribution in [3.8, 4) is 11.3 Å². The van der Waals surface area contributed by atoms with Gasteiger partial charge in [0.2, 0.25) is 0 Å². The van der Waals surface area contributed by atoms with Crippen molar-refractivity contribution in [3.05, 3.63) is 47.4 Å². The number of nitrogens with one attached hydrogen (secondary N) is 1. The molecular formula is C15H16N4. The second kappa shape index (κ2) is 4.48. The largest absolute Gasteiger partial charge is 0.346 e. The summed E-state index contributed by atoms with van der Waals surface area (Å²) < 4.78 is 0. The molecule has 3 rings (SSSR count). The standard InChI is InChI=1S/C15H16N4/c1-9-3-5-11(6-4-9)14-13-12(7-16)8-17-15(13)19-10(2)18-14/h3-6,8H,7,16H2,1-2H3,(H,17,18,19). The fraction of sp³-hybridized carbons (Fsp3) is 0.200. The van der Waals surface area contributed by atoms with Crippen LogP contribution >= 0.6 is 0 Å². The number of hydrogen-bond donors (Lipinski definition) is 2. The molecule has 0 amide bonds. The molecule has 4 nitrogen and oxygen atoms in total. The highest BCUT2D eigenvalue weighted by Crippen LogP contribution is 2.28. The molecule has 3 aromatic rings. The molecule has 0 atom stereocenters. The van der Waals surface area contributed by atoms with Crippen LogP contribution in [0, 0.1) is 13.8 Å². The third-order valence-electron chi connectivity index (χ3n) is 3.27. The minimum Gasteiger partial charge on any atom is -0.346 e. The van der Waals surface area contributed by atoms with E-state index in [9.17, 15) is 0 Å². The van der Waals surface area contributed by atoms with Gasteiger partial charge in [0.05, 0.1) is 5.69 Å². The van der Waals surface area contributed by atoms with Gasteiger partial charge < -0.3 is 10.7 Å². The van der Waals surface area contributed by atoms with Crippen LogP contribution in [0.15, 0.2) is 30.5 Å². The number of aryl methyl sites for hydroxylation is 2. The molecule has 0 radical (unpaired) electrons. The summed E-state index contributed by atoms with van der Waals surface area (Å²) >= 11 is 0. The van der Waals surface area contributed by atoms with E-state index in [1.54, 1.807) is 0 Å². The maximum absolute atomic E-state index is 5.79. The fourth-order valence-electron chi connectivity index (χ4n) is 2.29. The Morgan fingerprint density at radius 1 is 1.11 bits per heavy atom. The lowest BCUT2D eigenvalue weighted by Crippen LogP contribution is -1.98. The minimum absolute atomic E-state index is 0.477. The van der Waals surface area contributed by atoms with E-state index >= 15 is 0 Å². The molecule has 0 fully saturated rings. The molecule has 1 aromatic carbocycles. The quantitative estimate of drug-likeness (QED) is 0.736. The van der Waals surface area contributed by atoms with Crippen LogP contribution < -0.4 is 5.73 Å². The van der Waals surface area contributed by atoms with E-state index in [0.29, 0.717) is 6.54 Å². The van der Waals surface area contributed by atoms with E-state index in [1.807, 2.05) is 13.1 Å². The number of nitrogens with two attached hydrogens (primary N) is 1. The van der Waals surface area contributed by atoms with Crippen molar-refractivity contribution in [2.24, 2.45) is 5.73 Å². The number of rotatable bonds is 2. The van der Waals surface area contributed by atoms with Gasteiger partial charge in [0.25, 0.3) is 0 Å². The molecule has 19 heavy (non-hydrogen) atoms. The molecule has 0 saturated carbocycles. The van der Waals surface area contributed by atoms with Crippen LogP contribution in [0.2, 0.25) is 0 Å². The first-order valence-electron chi connectivity index (χ1n) is 6.30. The summed E-state index contributed by atoms with van der Waals surface area (Å²) in [6, 6.07) is 8.36. The van der Waals surface area contributed by atoms with Crippen molar-refractivity contribution in [2.75, 3.05) is 0 Å². The number of fused-ring (bicyclic) bond motifs is 1. The summed E-state index contributed by atoms with van der Waals surface area (Å²) in [6.07, 6.45) is 1.91. The predicted molar refractivity (Wildman–Crippen MR) is 76.7 cm³/mol. The molecule has 96 valence electrons. The van der Waals surface area contributed by atoms with Gasteiger partial charge in [-0.2, -0.15) is 0 Å². The second-order valence-corrected chi connectivity index (χ2v) is 4.73. The van der Waals surface area contributed by atoms with E-state index in [1.165, 1.54) is 5.56 Å². The first-order valence-corrected chi connectivity index (χ1v) is 6.30. The van der Waals surface area contributed by atoms with Gasteiger partial charge in [-0.05, 0) is 19.4 Å². The van der Waals surface area contributed by atoms with Gasteiger partial charge in [-0.1, -0.05) is 29.8 Å². The lowest BCUT2D eigenvalue weighted by Gasteiger charge is -2.06. The first-order chi connectivity index (χ1) is 9.19. The molecule has 2 aromatic heterocycles. The van der Waals surface area contributed by atoms with E-state index in [-0.39, 0.29) is 0 Å². The molecular weight excluding hydrogens is 236 g/mol. The first kappa shape index (κ1) is 11.9. The molecule has 0 bridgehead atoms. The van der Waals surface area contributed by atoms with Crippen LogP contribution in [-0.2, 0) is 6.54 Å². The summed E-state index contributed by atoms with van der Waals surface area (Å²) in [5.41, 5.74) is 11.0. The van der Waals surface area contributed by atoms with Crippen LogP contribution in [0.5, 0.6) is 0 Å². The van der Waals surface area contributed by atoms with Crippen LogP contribution in [0.4, 0.5) is 0 Å². The zero-order chi connectivity index (χ0) is 13.4.